The Morgan fingerprint density at radius 3 is 2.35 bits per heavy atom. The third-order valence-electron chi connectivity index (χ3n) is 4.27. The summed E-state index contributed by atoms with van der Waals surface area (Å²) in [4.78, 5) is 0. The Hall–Kier alpha value is -1.42. The van der Waals surface area contributed by atoms with Gasteiger partial charge in [0.25, 0.3) is 0 Å². The molecular weight excluding hydrogens is 284 g/mol. The Morgan fingerprint density at radius 1 is 0.913 bits per heavy atom. The normalized spacial score (nSPS) is 14.3. The van der Waals surface area contributed by atoms with E-state index >= 15 is 0 Å². The zero-order valence-electron chi connectivity index (χ0n) is 14.5. The lowest BCUT2D eigenvalue weighted by Crippen LogP contribution is -2.38. The van der Waals surface area contributed by atoms with Crippen molar-refractivity contribution in [2.75, 3.05) is 19.7 Å². The van der Waals surface area contributed by atoms with E-state index in [1.54, 1.807) is 0 Å². The Morgan fingerprint density at radius 2 is 1.61 bits per heavy atom. The van der Waals surface area contributed by atoms with Crippen LogP contribution in [0.4, 0.5) is 0 Å². The van der Waals surface area contributed by atoms with Crippen LogP contribution in [-0.2, 0) is 0 Å². The zero-order valence-corrected chi connectivity index (χ0v) is 14.5. The number of rotatable bonds is 9. The van der Waals surface area contributed by atoms with Crippen molar-refractivity contribution in [3.05, 3.63) is 48.0 Å². The first-order valence-electron chi connectivity index (χ1n) is 8.67. The lowest BCUT2D eigenvalue weighted by molar-refractivity contribution is 0.224. The summed E-state index contributed by atoms with van der Waals surface area (Å²) in [5.74, 6) is 0.599. The second-order valence-electron chi connectivity index (χ2n) is 6.71. The van der Waals surface area contributed by atoms with Gasteiger partial charge >= 0.3 is 0 Å². The molecule has 0 aliphatic carbocycles. The van der Waals surface area contributed by atoms with Crippen LogP contribution < -0.4 is 10.6 Å². The number of hydrogen-bond donors (Lipinski definition) is 3. The molecule has 126 valence electrons. The molecule has 0 fully saturated rings. The van der Waals surface area contributed by atoms with Crippen molar-refractivity contribution in [2.24, 2.45) is 5.92 Å². The van der Waals surface area contributed by atoms with Crippen LogP contribution in [0.25, 0.3) is 10.8 Å². The monoisotopic (exact) mass is 314 g/mol. The molecule has 0 heterocycles. The van der Waals surface area contributed by atoms with Crippen LogP contribution in [0.2, 0.25) is 0 Å². The van der Waals surface area contributed by atoms with Crippen molar-refractivity contribution in [3.8, 4) is 0 Å². The van der Waals surface area contributed by atoms with Crippen LogP contribution in [-0.4, -0.2) is 30.8 Å². The molecule has 3 N–H and O–H groups in total. The number of nitrogens with one attached hydrogen (secondary N) is 2. The second kappa shape index (κ2) is 9.02. The minimum Gasteiger partial charge on any atom is -0.395 e. The molecule has 0 aliphatic heterocycles. The molecule has 0 unspecified atom stereocenters. The Balaban J connectivity index is 1.86. The number of aliphatic hydroxyl groups is 1. The predicted octanol–water partition coefficient (Wildman–Crippen LogP) is 3.49. The van der Waals surface area contributed by atoms with Crippen LogP contribution in [0.3, 0.4) is 0 Å². The fourth-order valence-corrected chi connectivity index (χ4v) is 3.09. The van der Waals surface area contributed by atoms with Crippen molar-refractivity contribution in [1.29, 1.82) is 0 Å². The summed E-state index contributed by atoms with van der Waals surface area (Å²) in [6.07, 6.45) is 1.01. The quantitative estimate of drug-likeness (QED) is 0.621. The predicted molar refractivity (Wildman–Crippen MR) is 98.7 cm³/mol. The molecule has 2 aromatic rings. The SMILES string of the molecule is CC(C)C[C@@H](CO)NCCN[C@H](C)c1cccc2ccccc12. The minimum atomic E-state index is 0.199. The second-order valence-corrected chi connectivity index (χ2v) is 6.71. The summed E-state index contributed by atoms with van der Waals surface area (Å²) in [5.41, 5.74) is 1.34. The van der Waals surface area contributed by atoms with E-state index in [0.29, 0.717) is 12.0 Å². The highest BCUT2D eigenvalue weighted by Gasteiger charge is 2.10. The molecule has 3 nitrogen and oxygen atoms in total. The van der Waals surface area contributed by atoms with Crippen LogP contribution in [0, 0.1) is 5.92 Å². The maximum absolute atomic E-state index is 9.40. The molecule has 0 saturated heterocycles. The number of fused-ring (bicyclic) bond motifs is 1. The van der Waals surface area contributed by atoms with Crippen molar-refractivity contribution in [3.63, 3.8) is 0 Å². The Kier molecular flexibility index (Phi) is 7.03. The molecule has 0 amide bonds. The number of aliphatic hydroxyl groups excluding tert-OH is 1. The van der Waals surface area contributed by atoms with Gasteiger partial charge in [-0.1, -0.05) is 56.3 Å². The molecule has 0 saturated carbocycles. The summed E-state index contributed by atoms with van der Waals surface area (Å²) in [6.45, 7) is 8.54. The molecule has 0 aromatic heterocycles. The smallest absolute Gasteiger partial charge is 0.0584 e. The van der Waals surface area contributed by atoms with Crippen LogP contribution in [0.15, 0.2) is 42.5 Å². The molecule has 0 bridgehead atoms. The molecular formula is C20H30N2O. The highest BCUT2D eigenvalue weighted by atomic mass is 16.3. The molecule has 2 aromatic carbocycles. The van der Waals surface area contributed by atoms with Crippen molar-refractivity contribution in [1.82, 2.24) is 10.6 Å². The van der Waals surface area contributed by atoms with Crippen LogP contribution in [0.1, 0.15) is 38.8 Å². The first-order chi connectivity index (χ1) is 11.1. The van der Waals surface area contributed by atoms with E-state index in [9.17, 15) is 5.11 Å². The summed E-state index contributed by atoms with van der Waals surface area (Å²) < 4.78 is 0. The van der Waals surface area contributed by atoms with E-state index in [-0.39, 0.29) is 12.6 Å². The molecule has 23 heavy (non-hydrogen) atoms. The van der Waals surface area contributed by atoms with Gasteiger partial charge in [-0.25, -0.2) is 0 Å². The summed E-state index contributed by atoms with van der Waals surface area (Å²) in [7, 11) is 0. The lowest BCUT2D eigenvalue weighted by Gasteiger charge is -2.20. The third kappa shape index (κ3) is 5.31. The van der Waals surface area contributed by atoms with Crippen molar-refractivity contribution < 1.29 is 5.11 Å². The van der Waals surface area contributed by atoms with Gasteiger partial charge < -0.3 is 15.7 Å². The van der Waals surface area contributed by atoms with E-state index in [2.05, 4.69) is 73.9 Å². The van der Waals surface area contributed by atoms with Crippen molar-refractivity contribution >= 4 is 10.8 Å². The van der Waals surface area contributed by atoms with Gasteiger partial charge in [-0.3, -0.25) is 0 Å². The van der Waals surface area contributed by atoms with Gasteiger partial charge in [0.05, 0.1) is 6.61 Å². The first-order valence-corrected chi connectivity index (χ1v) is 8.67. The molecule has 0 spiro atoms. The van der Waals surface area contributed by atoms with E-state index < -0.39 is 0 Å². The lowest BCUT2D eigenvalue weighted by atomic mass is 10.00. The van der Waals surface area contributed by atoms with E-state index in [1.807, 2.05) is 0 Å². The molecule has 3 heteroatoms. The Labute approximate surface area is 140 Å². The van der Waals surface area contributed by atoms with Crippen LogP contribution in [0.5, 0.6) is 0 Å². The fraction of sp³-hybridized carbons (Fsp3) is 0.500. The maximum atomic E-state index is 9.40. The summed E-state index contributed by atoms with van der Waals surface area (Å²) >= 11 is 0. The van der Waals surface area contributed by atoms with E-state index in [0.717, 1.165) is 19.5 Å². The number of hydrogen-bond acceptors (Lipinski definition) is 3. The largest absolute Gasteiger partial charge is 0.395 e. The highest BCUT2D eigenvalue weighted by molar-refractivity contribution is 5.86. The van der Waals surface area contributed by atoms with E-state index in [4.69, 9.17) is 0 Å². The molecule has 2 rings (SSSR count). The van der Waals surface area contributed by atoms with Crippen LogP contribution >= 0.6 is 0 Å². The zero-order chi connectivity index (χ0) is 16.7. The average Bonchev–Trinajstić information content (AvgIpc) is 2.56. The number of benzene rings is 2. The van der Waals surface area contributed by atoms with Gasteiger partial charge in [-0.15, -0.1) is 0 Å². The topological polar surface area (TPSA) is 44.3 Å². The van der Waals surface area contributed by atoms with Crippen molar-refractivity contribution in [2.45, 2.75) is 39.3 Å². The van der Waals surface area contributed by atoms with Gasteiger partial charge in [0.2, 0.25) is 0 Å². The van der Waals surface area contributed by atoms with Gasteiger partial charge in [0.15, 0.2) is 0 Å². The third-order valence-corrected chi connectivity index (χ3v) is 4.27. The molecule has 2 atom stereocenters. The fourth-order valence-electron chi connectivity index (χ4n) is 3.09. The maximum Gasteiger partial charge on any atom is 0.0584 e. The van der Waals surface area contributed by atoms with Gasteiger partial charge in [-0.2, -0.15) is 0 Å². The molecule has 0 aliphatic rings. The van der Waals surface area contributed by atoms with Gasteiger partial charge in [0, 0.05) is 25.2 Å². The van der Waals surface area contributed by atoms with Gasteiger partial charge in [-0.05, 0) is 35.6 Å². The first kappa shape index (κ1) is 17.9. The Bertz CT molecular complexity index is 592. The highest BCUT2D eigenvalue weighted by Crippen LogP contribution is 2.23. The van der Waals surface area contributed by atoms with E-state index in [1.165, 1.54) is 16.3 Å². The average molecular weight is 314 g/mol. The minimum absolute atomic E-state index is 0.199. The standard InChI is InChI=1S/C20H30N2O/c1-15(2)13-18(14-23)22-12-11-21-16(3)19-10-6-8-17-7-4-5-9-20(17)19/h4-10,15-16,18,21-23H,11-14H2,1-3H3/t16-,18+/m1/s1. The molecule has 0 radical (unpaired) electrons. The van der Waals surface area contributed by atoms with Gasteiger partial charge in [0.1, 0.15) is 0 Å². The summed E-state index contributed by atoms with van der Waals surface area (Å²) in [5, 5.41) is 19.0. The summed E-state index contributed by atoms with van der Waals surface area (Å²) in [6, 6.07) is 15.5.